The molecule has 5 heteroatoms. The number of nitrogens with zero attached hydrogens (tertiary/aromatic N) is 2. The molecule has 0 radical (unpaired) electrons. The highest BCUT2D eigenvalue weighted by Crippen LogP contribution is 2.48. The van der Waals surface area contributed by atoms with Crippen LogP contribution in [0.15, 0.2) is 91.0 Å². The number of ether oxygens (including phenoxy) is 1. The molecular formula is C31H31N3O2. The highest BCUT2D eigenvalue weighted by atomic mass is 16.5. The van der Waals surface area contributed by atoms with Crippen LogP contribution >= 0.6 is 0 Å². The molecule has 5 nitrogen and oxygen atoms in total. The van der Waals surface area contributed by atoms with Gasteiger partial charge in [-0.05, 0) is 84.2 Å². The molecule has 6 rings (SSSR count). The van der Waals surface area contributed by atoms with Crippen LogP contribution in [-0.4, -0.2) is 37.7 Å². The second-order valence-electron chi connectivity index (χ2n) is 10.0. The van der Waals surface area contributed by atoms with Gasteiger partial charge in [0.1, 0.15) is 5.75 Å². The maximum Gasteiger partial charge on any atom is 0.326 e. The Hall–Kier alpha value is -3.83. The van der Waals surface area contributed by atoms with Gasteiger partial charge in [-0.3, -0.25) is 9.80 Å². The van der Waals surface area contributed by atoms with E-state index in [1.165, 1.54) is 21.9 Å². The number of hydrogen-bond donors (Lipinski definition) is 1. The van der Waals surface area contributed by atoms with E-state index in [0.29, 0.717) is 6.54 Å². The lowest BCUT2D eigenvalue weighted by Crippen LogP contribution is -2.46. The zero-order chi connectivity index (χ0) is 24.5. The Morgan fingerprint density at radius 1 is 0.889 bits per heavy atom. The van der Waals surface area contributed by atoms with E-state index in [-0.39, 0.29) is 11.4 Å². The zero-order valence-electron chi connectivity index (χ0n) is 20.6. The van der Waals surface area contributed by atoms with Crippen LogP contribution in [-0.2, 0) is 12.0 Å². The Labute approximate surface area is 212 Å². The average Bonchev–Trinajstić information content (AvgIpc) is 3.24. The number of methoxy groups -OCH3 is 1. The van der Waals surface area contributed by atoms with E-state index in [0.717, 1.165) is 49.6 Å². The lowest BCUT2D eigenvalue weighted by atomic mass is 9.74. The second-order valence-corrected chi connectivity index (χ2v) is 10.0. The number of hydrogen-bond acceptors (Lipinski definition) is 3. The molecule has 1 saturated heterocycles. The van der Waals surface area contributed by atoms with Gasteiger partial charge in [-0.15, -0.1) is 0 Å². The summed E-state index contributed by atoms with van der Waals surface area (Å²) in [6.07, 6.45) is 2.02. The molecule has 0 unspecified atom stereocenters. The zero-order valence-corrected chi connectivity index (χ0v) is 20.6. The van der Waals surface area contributed by atoms with Crippen LogP contribution in [0.2, 0.25) is 0 Å². The summed E-state index contributed by atoms with van der Waals surface area (Å²) < 4.78 is 5.57. The van der Waals surface area contributed by atoms with Gasteiger partial charge in [-0.1, -0.05) is 54.6 Å². The first-order valence-electron chi connectivity index (χ1n) is 12.7. The number of piperidine rings is 1. The molecule has 36 heavy (non-hydrogen) atoms. The summed E-state index contributed by atoms with van der Waals surface area (Å²) in [6.45, 7) is 3.64. The average molecular weight is 478 g/mol. The Balaban J connectivity index is 1.21. The summed E-state index contributed by atoms with van der Waals surface area (Å²) in [6, 6.07) is 31.0. The number of fused-ring (bicyclic) bond motifs is 3. The third-order valence-electron chi connectivity index (χ3n) is 7.83. The SMILES string of the molecule is COc1ccc2c(c1)C1(CCN(Cc3ccc4ccccc4c3)CC1)CN2C(=O)Nc1ccccc1. The number of benzene rings is 4. The molecule has 0 bridgehead atoms. The second kappa shape index (κ2) is 9.32. The van der Waals surface area contributed by atoms with Crippen molar-refractivity contribution in [1.29, 1.82) is 0 Å². The van der Waals surface area contributed by atoms with Crippen LogP contribution < -0.4 is 15.0 Å². The van der Waals surface area contributed by atoms with Crippen molar-refractivity contribution in [2.75, 3.05) is 37.0 Å². The molecule has 1 spiro atoms. The molecule has 0 saturated carbocycles. The fourth-order valence-electron chi connectivity index (χ4n) is 5.83. The molecule has 4 aromatic rings. The summed E-state index contributed by atoms with van der Waals surface area (Å²) in [5.41, 5.74) is 4.32. The number of rotatable bonds is 4. The van der Waals surface area contributed by atoms with Gasteiger partial charge in [-0.25, -0.2) is 4.79 Å². The first-order valence-corrected chi connectivity index (χ1v) is 12.7. The minimum absolute atomic E-state index is 0.0578. The highest BCUT2D eigenvalue weighted by Gasteiger charge is 2.46. The van der Waals surface area contributed by atoms with Crippen molar-refractivity contribution in [3.05, 3.63) is 102 Å². The van der Waals surface area contributed by atoms with E-state index in [1.807, 2.05) is 47.4 Å². The van der Waals surface area contributed by atoms with Crippen molar-refractivity contribution in [2.45, 2.75) is 24.8 Å². The van der Waals surface area contributed by atoms with Crippen molar-refractivity contribution < 1.29 is 9.53 Å². The fraction of sp³-hybridized carbons (Fsp3) is 0.258. The smallest absolute Gasteiger partial charge is 0.326 e. The lowest BCUT2D eigenvalue weighted by Gasteiger charge is -2.40. The van der Waals surface area contributed by atoms with Crippen LogP contribution in [0.1, 0.15) is 24.0 Å². The molecule has 1 fully saturated rings. The quantitative estimate of drug-likeness (QED) is 0.368. The number of urea groups is 1. The monoisotopic (exact) mass is 477 g/mol. The topological polar surface area (TPSA) is 44.8 Å². The Kier molecular flexibility index (Phi) is 5.86. The van der Waals surface area contributed by atoms with E-state index in [2.05, 4.69) is 58.7 Å². The number of para-hydroxylation sites is 1. The predicted octanol–water partition coefficient (Wildman–Crippen LogP) is 6.43. The molecule has 2 aliphatic rings. The minimum atomic E-state index is -0.0805. The number of carbonyl (C=O) groups excluding carboxylic acids is 1. The minimum Gasteiger partial charge on any atom is -0.497 e. The van der Waals surface area contributed by atoms with Crippen molar-refractivity contribution >= 4 is 28.2 Å². The van der Waals surface area contributed by atoms with E-state index < -0.39 is 0 Å². The van der Waals surface area contributed by atoms with E-state index in [4.69, 9.17) is 4.74 Å². The van der Waals surface area contributed by atoms with Gasteiger partial charge in [0, 0.05) is 29.9 Å². The molecule has 0 aliphatic carbocycles. The van der Waals surface area contributed by atoms with E-state index in [1.54, 1.807) is 7.11 Å². The number of carbonyl (C=O) groups is 1. The van der Waals surface area contributed by atoms with Gasteiger partial charge < -0.3 is 10.1 Å². The van der Waals surface area contributed by atoms with Gasteiger partial charge in [0.2, 0.25) is 0 Å². The highest BCUT2D eigenvalue weighted by molar-refractivity contribution is 6.03. The molecule has 182 valence electrons. The Morgan fingerprint density at radius 2 is 1.64 bits per heavy atom. The first-order chi connectivity index (χ1) is 17.6. The molecular weight excluding hydrogens is 446 g/mol. The third-order valence-corrected chi connectivity index (χ3v) is 7.83. The van der Waals surface area contributed by atoms with Crippen LogP contribution in [0, 0.1) is 0 Å². The summed E-state index contributed by atoms with van der Waals surface area (Å²) >= 11 is 0. The van der Waals surface area contributed by atoms with Gasteiger partial charge in [0.25, 0.3) is 0 Å². The summed E-state index contributed by atoms with van der Waals surface area (Å²) in [5, 5.41) is 5.65. The number of anilines is 2. The normalized spacial score (nSPS) is 16.8. The summed E-state index contributed by atoms with van der Waals surface area (Å²) in [7, 11) is 1.70. The molecule has 2 amide bonds. The summed E-state index contributed by atoms with van der Waals surface area (Å²) in [4.78, 5) is 17.8. The lowest BCUT2D eigenvalue weighted by molar-refractivity contribution is 0.160. The molecule has 0 atom stereocenters. The van der Waals surface area contributed by atoms with Crippen molar-refractivity contribution in [3.8, 4) is 5.75 Å². The molecule has 4 aromatic carbocycles. The number of nitrogens with one attached hydrogen (secondary N) is 1. The first kappa shape index (κ1) is 22.6. The van der Waals surface area contributed by atoms with E-state index in [9.17, 15) is 4.79 Å². The molecule has 2 heterocycles. The van der Waals surface area contributed by atoms with E-state index >= 15 is 0 Å². The fourth-order valence-corrected chi connectivity index (χ4v) is 5.83. The summed E-state index contributed by atoms with van der Waals surface area (Å²) in [5.74, 6) is 0.844. The van der Waals surface area contributed by atoms with Crippen molar-refractivity contribution in [1.82, 2.24) is 4.90 Å². The number of amides is 2. The largest absolute Gasteiger partial charge is 0.497 e. The van der Waals surface area contributed by atoms with Gasteiger partial charge >= 0.3 is 6.03 Å². The van der Waals surface area contributed by atoms with Gasteiger partial charge in [0.05, 0.1) is 7.11 Å². The maximum absolute atomic E-state index is 13.3. The van der Waals surface area contributed by atoms with Gasteiger partial charge in [-0.2, -0.15) is 0 Å². The van der Waals surface area contributed by atoms with Crippen LogP contribution in [0.25, 0.3) is 10.8 Å². The molecule has 1 N–H and O–H groups in total. The number of likely N-dealkylation sites (tertiary alicyclic amines) is 1. The van der Waals surface area contributed by atoms with Crippen molar-refractivity contribution in [3.63, 3.8) is 0 Å². The predicted molar refractivity (Wildman–Crippen MR) is 146 cm³/mol. The Bertz CT molecular complexity index is 1390. The van der Waals surface area contributed by atoms with Crippen LogP contribution in [0.4, 0.5) is 16.2 Å². The van der Waals surface area contributed by atoms with Crippen LogP contribution in [0.5, 0.6) is 5.75 Å². The molecule has 0 aromatic heterocycles. The van der Waals surface area contributed by atoms with Crippen LogP contribution in [0.3, 0.4) is 0 Å². The third kappa shape index (κ3) is 4.20. The molecule has 2 aliphatic heterocycles. The maximum atomic E-state index is 13.3. The van der Waals surface area contributed by atoms with Gasteiger partial charge in [0.15, 0.2) is 0 Å². The standard InChI is InChI=1S/C31H31N3O2/c1-36-27-13-14-29-28(20-27)31(22-34(29)30(35)32-26-9-3-2-4-10-26)15-17-33(18-16-31)21-23-11-12-24-7-5-6-8-25(24)19-23/h2-14,19-20H,15-18,21-22H2,1H3,(H,32,35). The van der Waals surface area contributed by atoms with Crippen molar-refractivity contribution in [2.24, 2.45) is 0 Å². The Morgan fingerprint density at radius 3 is 2.42 bits per heavy atom.